The summed E-state index contributed by atoms with van der Waals surface area (Å²) in [5.74, 6) is 0. The maximum absolute atomic E-state index is 14.9. The van der Waals surface area contributed by atoms with Crippen molar-refractivity contribution < 1.29 is 0 Å². The molecule has 0 fully saturated rings. The van der Waals surface area contributed by atoms with Gasteiger partial charge in [0.1, 0.15) is 0 Å². The highest BCUT2D eigenvalue weighted by atomic mass is 16.2. The molecule has 15 rings (SSSR count). The van der Waals surface area contributed by atoms with Gasteiger partial charge in [0.2, 0.25) is 0 Å². The van der Waals surface area contributed by atoms with E-state index in [1.54, 1.807) is 0 Å². The SMILES string of the molecule is CC1(C)c2cc(-n3c(=O)n(-c4ccc(-n5c6ccccc6c6ccccc65)cc4)c4ccccc43)ccc2-c2ccc(-n3c(=O)n(-c4ccc(-n5c6ccccc6c6ccccc65)cc4)c4ccccc43)cc21. The molecule has 0 unspecified atom stereocenters. The first-order valence-corrected chi connectivity index (χ1v) is 24.8. The number of imidazole rings is 2. The molecular formula is C65H44N6O2. The molecule has 4 heterocycles. The minimum atomic E-state index is -0.452. The largest absolute Gasteiger partial charge is 0.338 e. The van der Waals surface area contributed by atoms with Crippen LogP contribution in [0.1, 0.15) is 25.0 Å². The lowest BCUT2D eigenvalue weighted by Crippen LogP contribution is -2.23. The average Bonchev–Trinajstić information content (AvgIpc) is 4.19. The first-order valence-electron chi connectivity index (χ1n) is 24.8. The summed E-state index contributed by atoms with van der Waals surface area (Å²) >= 11 is 0. The lowest BCUT2D eigenvalue weighted by molar-refractivity contribution is 0.659. The Morgan fingerprint density at radius 2 is 0.493 bits per heavy atom. The highest BCUT2D eigenvalue weighted by molar-refractivity contribution is 6.10. The van der Waals surface area contributed by atoms with Crippen LogP contribution in [-0.4, -0.2) is 27.4 Å². The molecule has 4 aromatic heterocycles. The van der Waals surface area contributed by atoms with Crippen molar-refractivity contribution >= 4 is 65.7 Å². The van der Waals surface area contributed by atoms with E-state index in [2.05, 4.69) is 181 Å². The molecule has 0 spiro atoms. The summed E-state index contributed by atoms with van der Waals surface area (Å²) < 4.78 is 11.9. The highest BCUT2D eigenvalue weighted by Gasteiger charge is 2.37. The minimum Gasteiger partial charge on any atom is -0.309 e. The molecule has 10 aromatic carbocycles. The van der Waals surface area contributed by atoms with Gasteiger partial charge in [-0.25, -0.2) is 9.59 Å². The van der Waals surface area contributed by atoms with Crippen molar-refractivity contribution in [3.05, 3.63) is 263 Å². The molecule has 14 aromatic rings. The van der Waals surface area contributed by atoms with E-state index in [-0.39, 0.29) is 11.4 Å². The summed E-state index contributed by atoms with van der Waals surface area (Å²) in [5.41, 5.74) is 16.8. The number of benzene rings is 10. The molecule has 0 saturated heterocycles. The van der Waals surface area contributed by atoms with Gasteiger partial charge < -0.3 is 9.13 Å². The van der Waals surface area contributed by atoms with Crippen LogP contribution in [0.5, 0.6) is 0 Å². The van der Waals surface area contributed by atoms with Gasteiger partial charge in [-0.2, -0.15) is 0 Å². The van der Waals surface area contributed by atoms with Crippen LogP contribution in [0, 0.1) is 0 Å². The molecule has 1 aliphatic rings. The van der Waals surface area contributed by atoms with Crippen LogP contribution in [0.25, 0.3) is 111 Å². The second-order valence-electron chi connectivity index (χ2n) is 19.7. The molecule has 0 saturated carbocycles. The van der Waals surface area contributed by atoms with Gasteiger partial charge in [0.25, 0.3) is 0 Å². The zero-order valence-corrected chi connectivity index (χ0v) is 39.9. The first kappa shape index (κ1) is 41.2. The van der Waals surface area contributed by atoms with Crippen LogP contribution in [0.4, 0.5) is 0 Å². The van der Waals surface area contributed by atoms with Crippen molar-refractivity contribution in [3.8, 4) is 45.3 Å². The maximum Gasteiger partial charge on any atom is 0.338 e. The molecule has 8 nitrogen and oxygen atoms in total. The van der Waals surface area contributed by atoms with Gasteiger partial charge in [0.15, 0.2) is 0 Å². The zero-order chi connectivity index (χ0) is 48.7. The van der Waals surface area contributed by atoms with E-state index in [9.17, 15) is 9.59 Å². The standard InChI is InChI=1S/C65H44N6O2/c1-65(2)53-39-45(70-61-25-13-11-23-59(61)68(63(70)72)43-31-27-41(28-32-43)66-55-19-7-3-15-49(55)50-16-4-8-20-56(50)66)35-37-47(53)48-38-36-46(40-54(48)65)71-62-26-14-12-24-60(62)69(64(71)73)44-33-29-42(30-34-44)67-57-21-9-5-17-51(57)52-18-6-10-22-58(52)67/h3-40H,1-2H3. The molecule has 1 aliphatic carbocycles. The van der Waals surface area contributed by atoms with Crippen LogP contribution in [0.2, 0.25) is 0 Å². The third-order valence-electron chi connectivity index (χ3n) is 15.5. The number of rotatable bonds is 6. The van der Waals surface area contributed by atoms with Crippen LogP contribution in [0.15, 0.2) is 240 Å². The molecule has 73 heavy (non-hydrogen) atoms. The van der Waals surface area contributed by atoms with Gasteiger partial charge in [0, 0.05) is 38.3 Å². The van der Waals surface area contributed by atoms with Crippen LogP contribution in [0.3, 0.4) is 0 Å². The minimum absolute atomic E-state index is 0.140. The summed E-state index contributed by atoms with van der Waals surface area (Å²) in [6.07, 6.45) is 0. The fourth-order valence-corrected chi connectivity index (χ4v) is 12.2. The Balaban J connectivity index is 0.792. The Labute approximate surface area is 418 Å². The third-order valence-corrected chi connectivity index (χ3v) is 15.5. The van der Waals surface area contributed by atoms with Gasteiger partial charge in [-0.1, -0.05) is 123 Å². The topological polar surface area (TPSA) is 63.7 Å². The van der Waals surface area contributed by atoms with E-state index in [4.69, 9.17) is 0 Å². The summed E-state index contributed by atoms with van der Waals surface area (Å²) in [5, 5.41) is 4.82. The second-order valence-corrected chi connectivity index (χ2v) is 19.7. The Bertz CT molecular complexity index is 4340. The highest BCUT2D eigenvalue weighted by Crippen LogP contribution is 2.50. The number of hydrogen-bond donors (Lipinski definition) is 0. The third kappa shape index (κ3) is 5.77. The predicted molar refractivity (Wildman–Crippen MR) is 298 cm³/mol. The van der Waals surface area contributed by atoms with Crippen LogP contribution < -0.4 is 11.4 Å². The van der Waals surface area contributed by atoms with Crippen molar-refractivity contribution in [2.24, 2.45) is 0 Å². The van der Waals surface area contributed by atoms with Crippen LogP contribution in [-0.2, 0) is 5.41 Å². The molecule has 0 radical (unpaired) electrons. The molecule has 0 N–H and O–H groups in total. The quantitative estimate of drug-likeness (QED) is 0.167. The molecular weight excluding hydrogens is 897 g/mol. The summed E-state index contributed by atoms with van der Waals surface area (Å²) in [6.45, 7) is 4.47. The van der Waals surface area contributed by atoms with E-state index in [1.807, 2.05) is 91.1 Å². The van der Waals surface area contributed by atoms with Gasteiger partial charge in [0.05, 0.1) is 66.9 Å². The second kappa shape index (κ2) is 15.2. The monoisotopic (exact) mass is 940 g/mol. The Morgan fingerprint density at radius 1 is 0.260 bits per heavy atom. The van der Waals surface area contributed by atoms with Crippen molar-refractivity contribution in [1.29, 1.82) is 0 Å². The van der Waals surface area contributed by atoms with Crippen molar-refractivity contribution in [2.75, 3.05) is 0 Å². The lowest BCUT2D eigenvalue weighted by Gasteiger charge is -2.22. The van der Waals surface area contributed by atoms with Gasteiger partial charge in [-0.15, -0.1) is 0 Å². The normalized spacial score (nSPS) is 13.0. The van der Waals surface area contributed by atoms with E-state index >= 15 is 0 Å². The molecule has 346 valence electrons. The van der Waals surface area contributed by atoms with Crippen molar-refractivity contribution in [1.82, 2.24) is 27.4 Å². The van der Waals surface area contributed by atoms with Crippen LogP contribution >= 0.6 is 0 Å². The first-order chi connectivity index (χ1) is 35.8. The van der Waals surface area contributed by atoms with E-state index < -0.39 is 5.41 Å². The van der Waals surface area contributed by atoms with Crippen molar-refractivity contribution in [2.45, 2.75) is 19.3 Å². The number of aromatic nitrogens is 6. The van der Waals surface area contributed by atoms with E-state index in [1.165, 1.54) is 21.5 Å². The molecule has 0 bridgehead atoms. The summed E-state index contributed by atoms with van der Waals surface area (Å²) in [6, 6.07) is 79.4. The Kier molecular flexibility index (Phi) is 8.55. The number of nitrogens with zero attached hydrogens (tertiary/aromatic N) is 6. The Hall–Kier alpha value is -9.66. The molecule has 0 atom stereocenters. The van der Waals surface area contributed by atoms with E-state index in [0.29, 0.717) is 0 Å². The summed E-state index contributed by atoms with van der Waals surface area (Å²) in [7, 11) is 0. The van der Waals surface area contributed by atoms with Gasteiger partial charge in [-0.3, -0.25) is 18.3 Å². The number of hydrogen-bond acceptors (Lipinski definition) is 2. The summed E-state index contributed by atoms with van der Waals surface area (Å²) in [4.78, 5) is 29.9. The van der Waals surface area contributed by atoms with E-state index in [0.717, 1.165) is 101 Å². The Morgan fingerprint density at radius 3 is 0.795 bits per heavy atom. The zero-order valence-electron chi connectivity index (χ0n) is 39.9. The molecule has 0 amide bonds. The predicted octanol–water partition coefficient (Wildman–Crippen LogP) is 14.4. The maximum atomic E-state index is 14.9. The van der Waals surface area contributed by atoms with Crippen molar-refractivity contribution in [3.63, 3.8) is 0 Å². The average molecular weight is 941 g/mol. The fraction of sp³-hybridized carbons (Fsp3) is 0.0462. The smallest absolute Gasteiger partial charge is 0.309 e. The lowest BCUT2D eigenvalue weighted by atomic mass is 9.82. The molecule has 0 aliphatic heterocycles. The number of fused-ring (bicyclic) bond motifs is 11. The molecule has 8 heteroatoms. The van der Waals surface area contributed by atoms with Gasteiger partial charge in [-0.05, 0) is 144 Å². The van der Waals surface area contributed by atoms with Gasteiger partial charge >= 0.3 is 11.4 Å². The number of para-hydroxylation sites is 8. The fourth-order valence-electron chi connectivity index (χ4n) is 12.2.